The fourth-order valence-electron chi connectivity index (χ4n) is 5.37. The van der Waals surface area contributed by atoms with E-state index < -0.39 is 30.1 Å². The van der Waals surface area contributed by atoms with Crippen molar-refractivity contribution >= 4 is 5.97 Å². The largest absolute Gasteiger partial charge is 0.467 e. The van der Waals surface area contributed by atoms with E-state index in [-0.39, 0.29) is 0 Å². The molecule has 0 N–H and O–H groups in total. The molecule has 6 heteroatoms. The van der Waals surface area contributed by atoms with E-state index >= 15 is 0 Å². The number of rotatable bonds is 19. The summed E-state index contributed by atoms with van der Waals surface area (Å²) in [5.41, 5.74) is 0.739. The van der Waals surface area contributed by atoms with Crippen LogP contribution >= 0.6 is 0 Å². The van der Waals surface area contributed by atoms with Crippen molar-refractivity contribution in [3.8, 4) is 0 Å². The Labute approximate surface area is 235 Å². The number of esters is 1. The monoisotopic (exact) mass is 540 g/mol. The van der Waals surface area contributed by atoms with Gasteiger partial charge in [-0.15, -0.1) is 0 Å². The van der Waals surface area contributed by atoms with Crippen molar-refractivity contribution < 1.29 is 28.5 Å². The fourth-order valence-corrected chi connectivity index (χ4v) is 5.37. The van der Waals surface area contributed by atoms with Crippen LogP contribution in [-0.4, -0.2) is 44.3 Å². The van der Waals surface area contributed by atoms with Crippen LogP contribution in [0.3, 0.4) is 0 Å². The minimum atomic E-state index is -1.30. The number of hydrogen-bond donors (Lipinski definition) is 0. The number of hydrogen-bond acceptors (Lipinski definition) is 6. The quantitative estimate of drug-likeness (QED) is 0.137. The zero-order valence-electron chi connectivity index (χ0n) is 24.1. The van der Waals surface area contributed by atoms with Crippen LogP contribution in [0.4, 0.5) is 0 Å². The molecule has 0 radical (unpaired) electrons. The van der Waals surface area contributed by atoms with Crippen LogP contribution in [0.1, 0.15) is 88.7 Å². The van der Waals surface area contributed by atoms with Gasteiger partial charge in [-0.05, 0) is 24.0 Å². The number of ether oxygens (including phenoxy) is 5. The van der Waals surface area contributed by atoms with Gasteiger partial charge in [0.1, 0.15) is 12.2 Å². The minimum absolute atomic E-state index is 0.327. The van der Waals surface area contributed by atoms with Gasteiger partial charge in [0, 0.05) is 7.11 Å². The number of benzene rings is 2. The minimum Gasteiger partial charge on any atom is -0.467 e. The molecule has 1 heterocycles. The van der Waals surface area contributed by atoms with Crippen molar-refractivity contribution in [3.63, 3.8) is 0 Å². The molecule has 4 atom stereocenters. The first kappa shape index (κ1) is 31.3. The zero-order valence-corrected chi connectivity index (χ0v) is 24.1. The highest BCUT2D eigenvalue weighted by Gasteiger charge is 2.62. The van der Waals surface area contributed by atoms with Crippen molar-refractivity contribution in [2.45, 2.75) is 115 Å². The normalized spacial score (nSPS) is 22.7. The second-order valence-electron chi connectivity index (χ2n) is 10.5. The third-order valence-corrected chi connectivity index (χ3v) is 7.58. The Hall–Kier alpha value is -2.25. The number of methoxy groups -OCH3 is 2. The topological polar surface area (TPSA) is 63.2 Å². The van der Waals surface area contributed by atoms with Crippen LogP contribution in [0.25, 0.3) is 0 Å². The van der Waals surface area contributed by atoms with Crippen molar-refractivity contribution in [2.24, 2.45) is 0 Å². The molecule has 1 saturated heterocycles. The Kier molecular flexibility index (Phi) is 14.0. The van der Waals surface area contributed by atoms with Crippen LogP contribution < -0.4 is 0 Å². The Morgan fingerprint density at radius 2 is 1.26 bits per heavy atom. The third-order valence-electron chi connectivity index (χ3n) is 7.58. The van der Waals surface area contributed by atoms with Crippen LogP contribution in [0.2, 0.25) is 0 Å². The Morgan fingerprint density at radius 3 is 1.77 bits per heavy atom. The Morgan fingerprint density at radius 1 is 0.744 bits per heavy atom. The molecule has 0 unspecified atom stereocenters. The smallest absolute Gasteiger partial charge is 0.341 e. The fraction of sp³-hybridized carbons (Fsp3) is 0.606. The van der Waals surface area contributed by atoms with Crippen LogP contribution in [0.5, 0.6) is 0 Å². The Bertz CT molecular complexity index is 920. The molecule has 0 saturated carbocycles. The SMILES string of the molecule is CCCCCCCCCCCC[C@]1(C(=O)OC)O[C@@H](OC)[C@H](OCc2ccccc2)[C@H]1OCc1ccccc1. The van der Waals surface area contributed by atoms with E-state index in [1.54, 1.807) is 7.11 Å². The zero-order chi connectivity index (χ0) is 27.8. The van der Waals surface area contributed by atoms with Crippen molar-refractivity contribution in [1.29, 1.82) is 0 Å². The second kappa shape index (κ2) is 17.4. The average Bonchev–Trinajstić information content (AvgIpc) is 3.29. The molecule has 1 fully saturated rings. The summed E-state index contributed by atoms with van der Waals surface area (Å²) in [7, 11) is 2.98. The van der Waals surface area contributed by atoms with Gasteiger partial charge in [-0.1, -0.05) is 125 Å². The number of carbonyl (C=O) groups is 1. The summed E-state index contributed by atoms with van der Waals surface area (Å²) in [4.78, 5) is 13.4. The van der Waals surface area contributed by atoms with Crippen LogP contribution in [0.15, 0.2) is 60.7 Å². The van der Waals surface area contributed by atoms with E-state index in [2.05, 4.69) is 6.92 Å². The standard InChI is InChI=1S/C33H48O6/c1-4-5-6-7-8-9-10-11-12-19-24-33(32(34)36-3)30(38-26-28-22-17-14-18-23-28)29(31(35-2)39-33)37-25-27-20-15-13-16-21-27/h13-18,20-23,29-31H,4-12,19,24-26H2,1-3H3/t29-,30-,31-,33+/m1/s1. The molecule has 0 spiro atoms. The molecule has 0 bridgehead atoms. The van der Waals surface area contributed by atoms with Gasteiger partial charge in [-0.3, -0.25) is 0 Å². The summed E-state index contributed by atoms with van der Waals surface area (Å²) < 4.78 is 30.2. The van der Waals surface area contributed by atoms with Gasteiger partial charge in [0.15, 0.2) is 11.9 Å². The lowest BCUT2D eigenvalue weighted by Crippen LogP contribution is -2.52. The molecule has 2 aromatic carbocycles. The van der Waals surface area contributed by atoms with E-state index in [0.717, 1.165) is 30.4 Å². The molecule has 0 aromatic heterocycles. The second-order valence-corrected chi connectivity index (χ2v) is 10.5. The van der Waals surface area contributed by atoms with Crippen molar-refractivity contribution in [3.05, 3.63) is 71.8 Å². The highest BCUT2D eigenvalue weighted by molar-refractivity contribution is 5.81. The van der Waals surface area contributed by atoms with Gasteiger partial charge < -0.3 is 23.7 Å². The highest BCUT2D eigenvalue weighted by Crippen LogP contribution is 2.41. The summed E-state index contributed by atoms with van der Waals surface area (Å²) in [5, 5.41) is 0. The first-order valence-corrected chi connectivity index (χ1v) is 14.7. The van der Waals surface area contributed by atoms with E-state index in [4.69, 9.17) is 23.7 Å². The molecular weight excluding hydrogens is 492 g/mol. The van der Waals surface area contributed by atoms with E-state index in [9.17, 15) is 4.79 Å². The lowest BCUT2D eigenvalue weighted by molar-refractivity contribution is -0.206. The maximum Gasteiger partial charge on any atom is 0.341 e. The summed E-state index contributed by atoms with van der Waals surface area (Å²) in [5.74, 6) is -0.440. The third kappa shape index (κ3) is 9.42. The average molecular weight is 541 g/mol. The summed E-state index contributed by atoms with van der Waals surface area (Å²) in [6.45, 7) is 2.93. The van der Waals surface area contributed by atoms with Gasteiger partial charge >= 0.3 is 5.97 Å². The number of carbonyl (C=O) groups excluding carboxylic acids is 1. The van der Waals surface area contributed by atoms with Gasteiger partial charge in [-0.25, -0.2) is 4.79 Å². The Balaban J connectivity index is 1.69. The van der Waals surface area contributed by atoms with Crippen molar-refractivity contribution in [2.75, 3.05) is 14.2 Å². The summed E-state index contributed by atoms with van der Waals surface area (Å²) in [6.07, 6.45) is 10.5. The van der Waals surface area contributed by atoms with Crippen LogP contribution in [0, 0.1) is 0 Å². The number of unbranched alkanes of at least 4 members (excludes halogenated alkanes) is 9. The molecule has 0 aliphatic carbocycles. The molecule has 3 rings (SSSR count). The molecule has 216 valence electrons. The van der Waals surface area contributed by atoms with Crippen molar-refractivity contribution in [1.82, 2.24) is 0 Å². The van der Waals surface area contributed by atoms with Gasteiger partial charge in [0.25, 0.3) is 0 Å². The molecular formula is C33H48O6. The predicted octanol–water partition coefficient (Wildman–Crippen LogP) is 7.38. The van der Waals surface area contributed by atoms with E-state index in [1.807, 2.05) is 60.7 Å². The van der Waals surface area contributed by atoms with Gasteiger partial charge in [0.2, 0.25) is 0 Å². The van der Waals surface area contributed by atoms with Crippen LogP contribution in [-0.2, 0) is 41.7 Å². The molecule has 6 nitrogen and oxygen atoms in total. The molecule has 2 aromatic rings. The molecule has 0 amide bonds. The van der Waals surface area contributed by atoms with E-state index in [1.165, 1.54) is 52.1 Å². The van der Waals surface area contributed by atoms with E-state index in [0.29, 0.717) is 19.6 Å². The lowest BCUT2D eigenvalue weighted by Gasteiger charge is -2.32. The first-order valence-electron chi connectivity index (χ1n) is 14.7. The highest BCUT2D eigenvalue weighted by atomic mass is 16.7. The summed E-state index contributed by atoms with van der Waals surface area (Å²) in [6, 6.07) is 19.9. The molecule has 1 aliphatic rings. The maximum absolute atomic E-state index is 13.4. The maximum atomic E-state index is 13.4. The molecule has 1 aliphatic heterocycles. The van der Waals surface area contributed by atoms with Gasteiger partial charge in [0.05, 0.1) is 20.3 Å². The molecule has 39 heavy (non-hydrogen) atoms. The lowest BCUT2D eigenvalue weighted by atomic mass is 9.88. The van der Waals surface area contributed by atoms with Gasteiger partial charge in [-0.2, -0.15) is 0 Å². The first-order chi connectivity index (χ1) is 19.1. The predicted molar refractivity (Wildman–Crippen MR) is 153 cm³/mol. The summed E-state index contributed by atoms with van der Waals surface area (Å²) >= 11 is 0.